The van der Waals surface area contributed by atoms with Crippen LogP contribution >= 0.6 is 0 Å². The summed E-state index contributed by atoms with van der Waals surface area (Å²) in [6.45, 7) is 7.14. The second-order valence-electron chi connectivity index (χ2n) is 5.30. The molecule has 5 nitrogen and oxygen atoms in total. The van der Waals surface area contributed by atoms with Gasteiger partial charge in [-0.2, -0.15) is 0 Å². The lowest BCUT2D eigenvalue weighted by Gasteiger charge is -2.29. The Bertz CT molecular complexity index is 304. The fourth-order valence-electron chi connectivity index (χ4n) is 2.38. The van der Waals surface area contributed by atoms with Gasteiger partial charge in [0, 0.05) is 20.1 Å². The largest absolute Gasteiger partial charge is 0.480 e. The highest BCUT2D eigenvalue weighted by Crippen LogP contribution is 2.25. The Morgan fingerprint density at radius 2 is 2.06 bits per heavy atom. The predicted octanol–water partition coefficient (Wildman–Crippen LogP) is 1.49. The molecule has 0 bridgehead atoms. The van der Waals surface area contributed by atoms with E-state index in [1.54, 1.807) is 11.9 Å². The van der Waals surface area contributed by atoms with Gasteiger partial charge in [-0.05, 0) is 18.3 Å². The Labute approximate surface area is 102 Å². The van der Waals surface area contributed by atoms with Gasteiger partial charge in [0.25, 0.3) is 0 Å². The van der Waals surface area contributed by atoms with Gasteiger partial charge in [-0.1, -0.05) is 20.8 Å². The molecule has 1 rings (SSSR count). The van der Waals surface area contributed by atoms with Crippen molar-refractivity contribution >= 4 is 12.0 Å². The maximum absolute atomic E-state index is 12.1. The minimum Gasteiger partial charge on any atom is -0.480 e. The number of hydrogen-bond acceptors (Lipinski definition) is 2. The molecule has 1 heterocycles. The highest BCUT2D eigenvalue weighted by molar-refractivity contribution is 5.83. The average molecular weight is 242 g/mol. The number of aliphatic carboxylic acids is 1. The van der Waals surface area contributed by atoms with Gasteiger partial charge in [-0.3, -0.25) is 0 Å². The number of carbonyl (C=O) groups is 2. The maximum atomic E-state index is 12.1. The molecular formula is C12H22N2O3. The molecule has 1 fully saturated rings. The number of rotatable bonds is 3. The highest BCUT2D eigenvalue weighted by Gasteiger charge is 2.40. The molecule has 0 aromatic carbocycles. The molecule has 1 aliphatic rings. The third kappa shape index (κ3) is 3.11. The Hall–Kier alpha value is -1.26. The van der Waals surface area contributed by atoms with E-state index in [2.05, 4.69) is 0 Å². The van der Waals surface area contributed by atoms with Crippen LogP contribution in [0, 0.1) is 11.8 Å². The van der Waals surface area contributed by atoms with E-state index in [1.165, 1.54) is 4.90 Å². The Kier molecular flexibility index (Phi) is 4.37. The van der Waals surface area contributed by atoms with E-state index in [1.807, 2.05) is 20.8 Å². The van der Waals surface area contributed by atoms with Crippen LogP contribution in [0.1, 0.15) is 27.2 Å². The average Bonchev–Trinajstić information content (AvgIpc) is 2.57. The van der Waals surface area contributed by atoms with Crippen molar-refractivity contribution in [2.75, 3.05) is 20.1 Å². The first-order valence-corrected chi connectivity index (χ1v) is 6.09. The second kappa shape index (κ2) is 5.38. The zero-order valence-electron chi connectivity index (χ0n) is 11.0. The van der Waals surface area contributed by atoms with E-state index < -0.39 is 12.0 Å². The van der Waals surface area contributed by atoms with Gasteiger partial charge in [0.2, 0.25) is 0 Å². The molecule has 2 atom stereocenters. The maximum Gasteiger partial charge on any atom is 0.326 e. The van der Waals surface area contributed by atoms with E-state index in [0.717, 1.165) is 6.42 Å². The van der Waals surface area contributed by atoms with Gasteiger partial charge in [-0.15, -0.1) is 0 Å². The summed E-state index contributed by atoms with van der Waals surface area (Å²) < 4.78 is 0. The van der Waals surface area contributed by atoms with Crippen molar-refractivity contribution in [2.45, 2.75) is 33.2 Å². The number of hydrogen-bond donors (Lipinski definition) is 1. The molecule has 2 unspecified atom stereocenters. The van der Waals surface area contributed by atoms with Crippen LogP contribution in [0.4, 0.5) is 4.79 Å². The predicted molar refractivity (Wildman–Crippen MR) is 64.8 cm³/mol. The zero-order valence-corrected chi connectivity index (χ0v) is 11.0. The van der Waals surface area contributed by atoms with Crippen molar-refractivity contribution in [1.29, 1.82) is 0 Å². The van der Waals surface area contributed by atoms with Crippen molar-refractivity contribution in [3.8, 4) is 0 Å². The van der Waals surface area contributed by atoms with Crippen LogP contribution in [0.3, 0.4) is 0 Å². The molecule has 98 valence electrons. The van der Waals surface area contributed by atoms with Gasteiger partial charge in [-0.25, -0.2) is 9.59 Å². The minimum absolute atomic E-state index is 0.0314. The monoisotopic (exact) mass is 242 g/mol. The molecule has 0 aromatic heterocycles. The Morgan fingerprint density at radius 1 is 1.47 bits per heavy atom. The molecule has 1 N–H and O–H groups in total. The summed E-state index contributed by atoms with van der Waals surface area (Å²) in [5, 5.41) is 9.15. The number of amides is 2. The van der Waals surface area contributed by atoms with Crippen LogP contribution in [0.15, 0.2) is 0 Å². The lowest BCUT2D eigenvalue weighted by atomic mass is 10.0. The molecule has 2 amide bonds. The zero-order chi connectivity index (χ0) is 13.2. The summed E-state index contributed by atoms with van der Waals surface area (Å²) in [5.74, 6) is -0.488. The molecule has 17 heavy (non-hydrogen) atoms. The number of carbonyl (C=O) groups excluding carboxylic acids is 1. The summed E-state index contributed by atoms with van der Waals surface area (Å²) in [4.78, 5) is 26.4. The van der Waals surface area contributed by atoms with Gasteiger partial charge in [0.05, 0.1) is 0 Å². The molecule has 1 saturated heterocycles. The molecule has 0 radical (unpaired) electrons. The summed E-state index contributed by atoms with van der Waals surface area (Å²) in [7, 11) is 1.73. The van der Waals surface area contributed by atoms with Crippen LogP contribution in [-0.4, -0.2) is 53.1 Å². The number of carboxylic acids is 1. The Morgan fingerprint density at radius 3 is 2.53 bits per heavy atom. The summed E-state index contributed by atoms with van der Waals surface area (Å²) >= 11 is 0. The summed E-state index contributed by atoms with van der Waals surface area (Å²) in [5.41, 5.74) is 0. The smallest absolute Gasteiger partial charge is 0.326 e. The molecule has 0 aliphatic carbocycles. The van der Waals surface area contributed by atoms with E-state index >= 15 is 0 Å². The van der Waals surface area contributed by atoms with Crippen LogP contribution in [0.5, 0.6) is 0 Å². The normalized spacial score (nSPS) is 24.2. The number of likely N-dealkylation sites (tertiary alicyclic amines) is 1. The Balaban J connectivity index is 2.71. The van der Waals surface area contributed by atoms with Crippen LogP contribution in [-0.2, 0) is 4.79 Å². The van der Waals surface area contributed by atoms with Crippen molar-refractivity contribution in [2.24, 2.45) is 11.8 Å². The van der Waals surface area contributed by atoms with Crippen LogP contribution < -0.4 is 0 Å². The van der Waals surface area contributed by atoms with Gasteiger partial charge in [0.1, 0.15) is 6.04 Å². The fraction of sp³-hybridized carbons (Fsp3) is 0.833. The van der Waals surface area contributed by atoms with E-state index in [-0.39, 0.29) is 11.9 Å². The van der Waals surface area contributed by atoms with Gasteiger partial charge >= 0.3 is 12.0 Å². The van der Waals surface area contributed by atoms with E-state index in [4.69, 9.17) is 5.11 Å². The SMILES string of the molecule is CC(C)CN(C)C(=O)N1CCC(C)C1C(=O)O. The first kappa shape index (κ1) is 13.8. The number of nitrogens with zero attached hydrogens (tertiary/aromatic N) is 2. The fourth-order valence-corrected chi connectivity index (χ4v) is 2.38. The van der Waals surface area contributed by atoms with Crippen molar-refractivity contribution in [3.05, 3.63) is 0 Å². The van der Waals surface area contributed by atoms with Crippen molar-refractivity contribution in [3.63, 3.8) is 0 Å². The van der Waals surface area contributed by atoms with E-state index in [9.17, 15) is 9.59 Å². The molecule has 0 spiro atoms. The van der Waals surface area contributed by atoms with Gasteiger partial charge in [0.15, 0.2) is 0 Å². The number of urea groups is 1. The molecule has 0 saturated carbocycles. The lowest BCUT2D eigenvalue weighted by molar-refractivity contribution is -0.142. The third-order valence-corrected chi connectivity index (χ3v) is 3.16. The summed E-state index contributed by atoms with van der Waals surface area (Å²) in [6, 6.07) is -0.840. The first-order valence-electron chi connectivity index (χ1n) is 6.09. The molecule has 1 aliphatic heterocycles. The van der Waals surface area contributed by atoms with Crippen molar-refractivity contribution < 1.29 is 14.7 Å². The van der Waals surface area contributed by atoms with Crippen LogP contribution in [0.2, 0.25) is 0 Å². The van der Waals surface area contributed by atoms with Crippen LogP contribution in [0.25, 0.3) is 0 Å². The van der Waals surface area contributed by atoms with Gasteiger partial charge < -0.3 is 14.9 Å². The molecular weight excluding hydrogens is 220 g/mol. The second-order valence-corrected chi connectivity index (χ2v) is 5.30. The number of carboxylic acid groups (broad SMARTS) is 1. The summed E-state index contributed by atoms with van der Waals surface area (Å²) in [6.07, 6.45) is 0.762. The quantitative estimate of drug-likeness (QED) is 0.815. The topological polar surface area (TPSA) is 60.9 Å². The minimum atomic E-state index is -0.902. The molecule has 5 heteroatoms. The molecule has 0 aromatic rings. The highest BCUT2D eigenvalue weighted by atomic mass is 16.4. The van der Waals surface area contributed by atoms with E-state index in [0.29, 0.717) is 19.0 Å². The third-order valence-electron chi connectivity index (χ3n) is 3.16. The lowest BCUT2D eigenvalue weighted by Crippen LogP contribution is -2.48. The van der Waals surface area contributed by atoms with Crippen molar-refractivity contribution in [1.82, 2.24) is 9.80 Å². The first-order chi connectivity index (χ1) is 7.84. The standard InChI is InChI=1S/C12H22N2O3/c1-8(2)7-13(4)12(17)14-6-5-9(3)10(14)11(15)16/h8-10H,5-7H2,1-4H3,(H,15,16).